The summed E-state index contributed by atoms with van der Waals surface area (Å²) < 4.78 is 11.0. The van der Waals surface area contributed by atoms with Crippen molar-refractivity contribution in [2.45, 2.75) is 13.2 Å². The molecule has 0 saturated heterocycles. The SMILES string of the molecule is COc1ccc(Cl)cc1CO/N=C(/N)c1ccc(OCc2cccnc2)cc1. The van der Waals surface area contributed by atoms with Crippen molar-refractivity contribution < 1.29 is 14.3 Å². The third kappa shape index (κ3) is 5.37. The Morgan fingerprint density at radius 1 is 1.11 bits per heavy atom. The van der Waals surface area contributed by atoms with Crippen LogP contribution in [-0.2, 0) is 18.1 Å². The van der Waals surface area contributed by atoms with Gasteiger partial charge in [-0.1, -0.05) is 22.8 Å². The molecule has 144 valence electrons. The first-order valence-corrected chi connectivity index (χ1v) is 8.93. The van der Waals surface area contributed by atoms with Gasteiger partial charge in [0.15, 0.2) is 5.84 Å². The summed E-state index contributed by atoms with van der Waals surface area (Å²) in [5, 5.41) is 4.56. The van der Waals surface area contributed by atoms with Crippen LogP contribution in [0.2, 0.25) is 5.02 Å². The predicted octanol–water partition coefficient (Wildman–Crippen LogP) is 4.16. The molecule has 0 aliphatic carbocycles. The van der Waals surface area contributed by atoms with Crippen molar-refractivity contribution in [3.05, 3.63) is 88.7 Å². The van der Waals surface area contributed by atoms with Crippen LogP contribution in [0.15, 0.2) is 72.1 Å². The number of nitrogens with two attached hydrogens (primary N) is 1. The highest BCUT2D eigenvalue weighted by atomic mass is 35.5. The van der Waals surface area contributed by atoms with E-state index in [9.17, 15) is 0 Å². The smallest absolute Gasteiger partial charge is 0.170 e. The second kappa shape index (κ2) is 9.62. The van der Waals surface area contributed by atoms with Crippen LogP contribution in [0.4, 0.5) is 0 Å². The fraction of sp³-hybridized carbons (Fsp3) is 0.143. The maximum atomic E-state index is 6.00. The van der Waals surface area contributed by atoms with Crippen molar-refractivity contribution in [2.24, 2.45) is 10.9 Å². The standard InChI is InChI=1S/C21H20ClN3O3/c1-26-20-9-6-18(22)11-17(20)14-28-25-21(23)16-4-7-19(8-5-16)27-13-15-3-2-10-24-12-15/h2-12H,13-14H2,1H3,(H2,23,25). The molecule has 28 heavy (non-hydrogen) atoms. The number of methoxy groups -OCH3 is 1. The van der Waals surface area contributed by atoms with Gasteiger partial charge < -0.3 is 20.0 Å². The average molecular weight is 398 g/mol. The molecule has 1 aromatic heterocycles. The first-order chi connectivity index (χ1) is 13.7. The summed E-state index contributed by atoms with van der Waals surface area (Å²) in [6.07, 6.45) is 3.50. The molecule has 0 aliphatic rings. The molecule has 0 saturated carbocycles. The molecule has 2 N–H and O–H groups in total. The number of halogens is 1. The van der Waals surface area contributed by atoms with E-state index in [2.05, 4.69) is 10.1 Å². The van der Waals surface area contributed by atoms with E-state index in [1.54, 1.807) is 37.7 Å². The monoisotopic (exact) mass is 397 g/mol. The Morgan fingerprint density at radius 3 is 2.64 bits per heavy atom. The molecule has 7 heteroatoms. The maximum absolute atomic E-state index is 6.00. The van der Waals surface area contributed by atoms with Crippen molar-refractivity contribution in [3.8, 4) is 11.5 Å². The van der Waals surface area contributed by atoms with Gasteiger partial charge in [0, 0.05) is 34.1 Å². The lowest BCUT2D eigenvalue weighted by Gasteiger charge is -2.09. The van der Waals surface area contributed by atoms with E-state index in [1.807, 2.05) is 36.4 Å². The molecule has 0 fully saturated rings. The van der Waals surface area contributed by atoms with E-state index < -0.39 is 0 Å². The highest BCUT2D eigenvalue weighted by Crippen LogP contribution is 2.23. The Bertz CT molecular complexity index is 931. The van der Waals surface area contributed by atoms with E-state index in [1.165, 1.54) is 0 Å². The van der Waals surface area contributed by atoms with Crippen LogP contribution in [0.1, 0.15) is 16.7 Å². The Hall–Kier alpha value is -3.25. The molecule has 0 amide bonds. The van der Waals surface area contributed by atoms with Gasteiger partial charge in [-0.25, -0.2) is 0 Å². The van der Waals surface area contributed by atoms with Crippen molar-refractivity contribution in [2.75, 3.05) is 7.11 Å². The van der Waals surface area contributed by atoms with Crippen LogP contribution >= 0.6 is 11.6 Å². The number of hydrogen-bond acceptors (Lipinski definition) is 5. The van der Waals surface area contributed by atoms with Gasteiger partial charge >= 0.3 is 0 Å². The molecular weight excluding hydrogens is 378 g/mol. The Morgan fingerprint density at radius 2 is 1.93 bits per heavy atom. The summed E-state index contributed by atoms with van der Waals surface area (Å²) >= 11 is 6.00. The van der Waals surface area contributed by atoms with Gasteiger partial charge in [-0.15, -0.1) is 0 Å². The van der Waals surface area contributed by atoms with Gasteiger partial charge in [0.25, 0.3) is 0 Å². The van der Waals surface area contributed by atoms with E-state index in [0.29, 0.717) is 17.4 Å². The van der Waals surface area contributed by atoms with Crippen molar-refractivity contribution in [1.82, 2.24) is 4.98 Å². The number of ether oxygens (including phenoxy) is 2. The lowest BCUT2D eigenvalue weighted by Crippen LogP contribution is -2.13. The minimum atomic E-state index is 0.191. The number of pyridine rings is 1. The molecule has 6 nitrogen and oxygen atoms in total. The molecule has 2 aromatic carbocycles. The molecule has 0 aliphatic heterocycles. The van der Waals surface area contributed by atoms with Crippen LogP contribution < -0.4 is 15.2 Å². The lowest BCUT2D eigenvalue weighted by atomic mass is 10.2. The number of hydrogen-bond donors (Lipinski definition) is 1. The summed E-state index contributed by atoms with van der Waals surface area (Å²) in [5.41, 5.74) is 8.50. The summed E-state index contributed by atoms with van der Waals surface area (Å²) in [6.45, 7) is 0.637. The minimum absolute atomic E-state index is 0.191. The predicted molar refractivity (Wildman–Crippen MR) is 109 cm³/mol. The maximum Gasteiger partial charge on any atom is 0.170 e. The van der Waals surface area contributed by atoms with Gasteiger partial charge in [0.1, 0.15) is 24.7 Å². The number of aromatic nitrogens is 1. The number of benzene rings is 2. The quantitative estimate of drug-likeness (QED) is 0.351. The molecule has 0 bridgehead atoms. The van der Waals surface area contributed by atoms with E-state index in [4.69, 9.17) is 31.6 Å². The van der Waals surface area contributed by atoms with Crippen LogP contribution in [0.25, 0.3) is 0 Å². The highest BCUT2D eigenvalue weighted by molar-refractivity contribution is 6.30. The molecule has 3 aromatic rings. The number of oxime groups is 1. The fourth-order valence-electron chi connectivity index (χ4n) is 2.46. The minimum Gasteiger partial charge on any atom is -0.496 e. The largest absolute Gasteiger partial charge is 0.496 e. The highest BCUT2D eigenvalue weighted by Gasteiger charge is 2.05. The van der Waals surface area contributed by atoms with E-state index >= 15 is 0 Å². The van der Waals surface area contributed by atoms with Crippen LogP contribution in [0.5, 0.6) is 11.5 Å². The normalized spacial score (nSPS) is 11.1. The van der Waals surface area contributed by atoms with Crippen LogP contribution in [0.3, 0.4) is 0 Å². The van der Waals surface area contributed by atoms with E-state index in [0.717, 1.165) is 22.4 Å². The number of nitrogens with zero attached hydrogens (tertiary/aromatic N) is 2. The third-order valence-electron chi connectivity index (χ3n) is 3.90. The van der Waals surface area contributed by atoms with Gasteiger partial charge in [-0.05, 0) is 48.5 Å². The molecule has 1 heterocycles. The molecule has 0 spiro atoms. The summed E-state index contributed by atoms with van der Waals surface area (Å²) in [5.74, 6) is 1.66. The van der Waals surface area contributed by atoms with Crippen molar-refractivity contribution in [3.63, 3.8) is 0 Å². The van der Waals surface area contributed by atoms with Crippen molar-refractivity contribution in [1.29, 1.82) is 0 Å². The third-order valence-corrected chi connectivity index (χ3v) is 4.14. The number of amidine groups is 1. The van der Waals surface area contributed by atoms with Gasteiger partial charge in [0.2, 0.25) is 0 Å². The lowest BCUT2D eigenvalue weighted by molar-refractivity contribution is 0.128. The van der Waals surface area contributed by atoms with Gasteiger partial charge in [0.05, 0.1) is 7.11 Å². The van der Waals surface area contributed by atoms with E-state index in [-0.39, 0.29) is 12.4 Å². The first-order valence-electron chi connectivity index (χ1n) is 8.55. The zero-order chi connectivity index (χ0) is 19.8. The molecule has 0 atom stereocenters. The number of rotatable bonds is 8. The van der Waals surface area contributed by atoms with Gasteiger partial charge in [-0.2, -0.15) is 0 Å². The van der Waals surface area contributed by atoms with Crippen LogP contribution in [-0.4, -0.2) is 17.9 Å². The zero-order valence-electron chi connectivity index (χ0n) is 15.3. The Kier molecular flexibility index (Phi) is 6.70. The summed E-state index contributed by atoms with van der Waals surface area (Å²) in [7, 11) is 1.59. The fourth-order valence-corrected chi connectivity index (χ4v) is 2.65. The van der Waals surface area contributed by atoms with Crippen molar-refractivity contribution >= 4 is 17.4 Å². The summed E-state index contributed by atoms with van der Waals surface area (Å²) in [6, 6.07) is 16.4. The summed E-state index contributed by atoms with van der Waals surface area (Å²) in [4.78, 5) is 9.41. The molecular formula is C21H20ClN3O3. The Balaban J connectivity index is 1.56. The van der Waals surface area contributed by atoms with Gasteiger partial charge in [-0.3, -0.25) is 4.98 Å². The average Bonchev–Trinajstić information content (AvgIpc) is 2.73. The molecule has 3 rings (SSSR count). The van der Waals surface area contributed by atoms with Crippen LogP contribution in [0, 0.1) is 0 Å². The topological polar surface area (TPSA) is 79.0 Å². The Labute approximate surface area is 168 Å². The second-order valence-corrected chi connectivity index (χ2v) is 6.32. The second-order valence-electron chi connectivity index (χ2n) is 5.88. The molecule has 0 radical (unpaired) electrons. The molecule has 0 unspecified atom stereocenters. The first kappa shape index (κ1) is 19.5. The zero-order valence-corrected chi connectivity index (χ0v) is 16.1.